The second-order valence-corrected chi connectivity index (χ2v) is 4.17. The number of nitrogens with zero attached hydrogens (tertiary/aromatic N) is 2. The number of hydrogen-bond acceptors (Lipinski definition) is 4. The van der Waals surface area contributed by atoms with Gasteiger partial charge >= 0.3 is 0 Å². The van der Waals surface area contributed by atoms with Crippen molar-refractivity contribution in [1.82, 2.24) is 15.1 Å². The van der Waals surface area contributed by atoms with Gasteiger partial charge in [-0.15, -0.1) is 6.58 Å². The summed E-state index contributed by atoms with van der Waals surface area (Å²) in [7, 11) is 0. The molecule has 1 unspecified atom stereocenters. The molecule has 0 radical (unpaired) electrons. The molecule has 0 aromatic rings. The monoisotopic (exact) mass is 211 g/mol. The zero-order valence-electron chi connectivity index (χ0n) is 9.32. The molecule has 2 rings (SSSR count). The molecular formula is C11H21N3O. The van der Waals surface area contributed by atoms with Gasteiger partial charge in [-0.2, -0.15) is 0 Å². The predicted octanol–water partition coefficient (Wildman–Crippen LogP) is -0.264. The van der Waals surface area contributed by atoms with Crippen LogP contribution in [0.5, 0.6) is 0 Å². The van der Waals surface area contributed by atoms with Crippen molar-refractivity contribution in [2.24, 2.45) is 0 Å². The molecule has 4 nitrogen and oxygen atoms in total. The maximum atomic E-state index is 5.37. The molecule has 0 aromatic heterocycles. The van der Waals surface area contributed by atoms with Crippen LogP contribution in [0.15, 0.2) is 12.7 Å². The van der Waals surface area contributed by atoms with Gasteiger partial charge in [0, 0.05) is 39.3 Å². The summed E-state index contributed by atoms with van der Waals surface area (Å²) >= 11 is 0. The topological polar surface area (TPSA) is 27.7 Å². The lowest BCUT2D eigenvalue weighted by atomic mass is 10.2. The van der Waals surface area contributed by atoms with Crippen molar-refractivity contribution in [1.29, 1.82) is 0 Å². The van der Waals surface area contributed by atoms with E-state index in [1.54, 1.807) is 0 Å². The van der Waals surface area contributed by atoms with E-state index in [1.807, 2.05) is 6.08 Å². The van der Waals surface area contributed by atoms with Crippen LogP contribution in [0.2, 0.25) is 0 Å². The van der Waals surface area contributed by atoms with E-state index in [2.05, 4.69) is 21.7 Å². The Morgan fingerprint density at radius 1 is 1.33 bits per heavy atom. The zero-order valence-corrected chi connectivity index (χ0v) is 9.32. The molecule has 4 heteroatoms. The minimum Gasteiger partial charge on any atom is -0.379 e. The largest absolute Gasteiger partial charge is 0.379 e. The second-order valence-electron chi connectivity index (χ2n) is 4.17. The lowest BCUT2D eigenvalue weighted by molar-refractivity contribution is -0.00784. The highest BCUT2D eigenvalue weighted by molar-refractivity contribution is 4.83. The van der Waals surface area contributed by atoms with Crippen LogP contribution >= 0.6 is 0 Å². The van der Waals surface area contributed by atoms with E-state index in [9.17, 15) is 0 Å². The maximum absolute atomic E-state index is 5.37. The quantitative estimate of drug-likeness (QED) is 0.651. The van der Waals surface area contributed by atoms with Gasteiger partial charge in [-0.05, 0) is 0 Å². The van der Waals surface area contributed by atoms with Crippen LogP contribution in [0.1, 0.15) is 0 Å². The number of nitrogens with one attached hydrogen (secondary N) is 1. The molecule has 0 aromatic carbocycles. The Bertz CT molecular complexity index is 204. The van der Waals surface area contributed by atoms with Crippen molar-refractivity contribution in [2.45, 2.75) is 6.17 Å². The molecule has 2 heterocycles. The lowest BCUT2D eigenvalue weighted by Gasteiger charge is -2.41. The molecule has 15 heavy (non-hydrogen) atoms. The fraction of sp³-hybridized carbons (Fsp3) is 0.818. The number of piperazine rings is 1. The maximum Gasteiger partial charge on any atom is 0.0730 e. The fourth-order valence-electron chi connectivity index (χ4n) is 2.27. The number of rotatable bonds is 3. The lowest BCUT2D eigenvalue weighted by Crippen LogP contribution is -2.60. The standard InChI is InChI=1S/C11H21N3O/c1-2-4-13-5-3-12-11(10-13)14-6-8-15-9-7-14/h2,11-12H,1,3-10H2. The summed E-state index contributed by atoms with van der Waals surface area (Å²) in [6.07, 6.45) is 2.49. The van der Waals surface area contributed by atoms with E-state index in [0.29, 0.717) is 6.17 Å². The molecule has 0 aliphatic carbocycles. The van der Waals surface area contributed by atoms with E-state index in [-0.39, 0.29) is 0 Å². The third-order valence-corrected chi connectivity index (χ3v) is 3.11. The molecule has 1 N–H and O–H groups in total. The molecule has 0 spiro atoms. The minimum absolute atomic E-state index is 0.502. The molecule has 2 aliphatic rings. The first-order valence-corrected chi connectivity index (χ1v) is 5.78. The van der Waals surface area contributed by atoms with E-state index in [0.717, 1.165) is 52.5 Å². The van der Waals surface area contributed by atoms with E-state index in [4.69, 9.17) is 4.74 Å². The van der Waals surface area contributed by atoms with Crippen LogP contribution in [0.4, 0.5) is 0 Å². The molecule has 2 fully saturated rings. The van der Waals surface area contributed by atoms with Crippen LogP contribution in [0, 0.1) is 0 Å². The molecule has 0 bridgehead atoms. The summed E-state index contributed by atoms with van der Waals surface area (Å²) in [4.78, 5) is 4.93. The number of ether oxygens (including phenoxy) is 1. The molecule has 1 atom stereocenters. The van der Waals surface area contributed by atoms with Gasteiger partial charge in [0.05, 0.1) is 19.4 Å². The SMILES string of the molecule is C=CCN1CCNC(N2CCOCC2)C1. The summed E-state index contributed by atoms with van der Waals surface area (Å²) in [5.41, 5.74) is 0. The normalized spacial score (nSPS) is 30.3. The van der Waals surface area contributed by atoms with Gasteiger partial charge in [0.25, 0.3) is 0 Å². The van der Waals surface area contributed by atoms with Crippen molar-refractivity contribution < 1.29 is 4.74 Å². The highest BCUT2D eigenvalue weighted by Crippen LogP contribution is 2.07. The first-order valence-electron chi connectivity index (χ1n) is 5.78. The van der Waals surface area contributed by atoms with Crippen molar-refractivity contribution in [3.05, 3.63) is 12.7 Å². The molecule has 86 valence electrons. The van der Waals surface area contributed by atoms with Gasteiger partial charge in [0.15, 0.2) is 0 Å². The second kappa shape index (κ2) is 5.61. The molecular weight excluding hydrogens is 190 g/mol. The summed E-state index contributed by atoms with van der Waals surface area (Å²) in [5, 5.41) is 3.57. The van der Waals surface area contributed by atoms with E-state index in [1.165, 1.54) is 0 Å². The third-order valence-electron chi connectivity index (χ3n) is 3.11. The summed E-state index contributed by atoms with van der Waals surface area (Å²) in [6.45, 7) is 12.0. The fourth-order valence-corrected chi connectivity index (χ4v) is 2.27. The summed E-state index contributed by atoms with van der Waals surface area (Å²) in [5.74, 6) is 0. The summed E-state index contributed by atoms with van der Waals surface area (Å²) in [6, 6.07) is 0. The van der Waals surface area contributed by atoms with Crippen LogP contribution < -0.4 is 5.32 Å². The van der Waals surface area contributed by atoms with Gasteiger partial charge in [0.1, 0.15) is 0 Å². The highest BCUT2D eigenvalue weighted by Gasteiger charge is 2.25. The van der Waals surface area contributed by atoms with Gasteiger partial charge < -0.3 is 4.74 Å². The van der Waals surface area contributed by atoms with Crippen molar-refractivity contribution >= 4 is 0 Å². The van der Waals surface area contributed by atoms with Gasteiger partial charge in [-0.3, -0.25) is 15.1 Å². The Kier molecular flexibility index (Phi) is 4.14. The first kappa shape index (κ1) is 11.1. The van der Waals surface area contributed by atoms with Crippen LogP contribution in [0.3, 0.4) is 0 Å². The van der Waals surface area contributed by atoms with Crippen LogP contribution in [0.25, 0.3) is 0 Å². The predicted molar refractivity (Wildman–Crippen MR) is 60.8 cm³/mol. The number of hydrogen-bond donors (Lipinski definition) is 1. The van der Waals surface area contributed by atoms with E-state index < -0.39 is 0 Å². The van der Waals surface area contributed by atoms with Crippen LogP contribution in [-0.4, -0.2) is 68.4 Å². The molecule has 2 aliphatic heterocycles. The zero-order chi connectivity index (χ0) is 10.5. The van der Waals surface area contributed by atoms with Gasteiger partial charge in [-0.25, -0.2) is 0 Å². The molecule has 0 saturated carbocycles. The van der Waals surface area contributed by atoms with Crippen molar-refractivity contribution in [2.75, 3.05) is 52.5 Å². The Balaban J connectivity index is 1.82. The Hall–Kier alpha value is -0.420. The summed E-state index contributed by atoms with van der Waals surface area (Å²) < 4.78 is 5.37. The van der Waals surface area contributed by atoms with Crippen molar-refractivity contribution in [3.8, 4) is 0 Å². The Labute approximate surface area is 91.9 Å². The van der Waals surface area contributed by atoms with Gasteiger partial charge in [-0.1, -0.05) is 6.08 Å². The highest BCUT2D eigenvalue weighted by atomic mass is 16.5. The van der Waals surface area contributed by atoms with E-state index >= 15 is 0 Å². The first-order chi connectivity index (χ1) is 7.40. The Morgan fingerprint density at radius 2 is 2.13 bits per heavy atom. The molecule has 0 amide bonds. The average Bonchev–Trinajstić information content (AvgIpc) is 2.31. The minimum atomic E-state index is 0.502. The van der Waals surface area contributed by atoms with Crippen molar-refractivity contribution in [3.63, 3.8) is 0 Å². The van der Waals surface area contributed by atoms with Gasteiger partial charge in [0.2, 0.25) is 0 Å². The third kappa shape index (κ3) is 3.01. The molecule has 2 saturated heterocycles. The smallest absolute Gasteiger partial charge is 0.0730 e. The number of morpholine rings is 1. The average molecular weight is 211 g/mol. The van der Waals surface area contributed by atoms with Crippen LogP contribution in [-0.2, 0) is 4.74 Å². The Morgan fingerprint density at radius 3 is 2.87 bits per heavy atom.